The second-order valence-electron chi connectivity index (χ2n) is 6.01. The maximum Gasteiger partial charge on any atom is 0.189 e. The van der Waals surface area contributed by atoms with E-state index in [1.807, 2.05) is 19.2 Å². The Morgan fingerprint density at radius 3 is 2.70 bits per heavy atom. The van der Waals surface area contributed by atoms with Gasteiger partial charge in [0.25, 0.3) is 0 Å². The molecule has 0 amide bonds. The second kappa shape index (κ2) is 5.63. The molecule has 4 rings (SSSR count). The predicted molar refractivity (Wildman–Crippen MR) is 89.6 cm³/mol. The fourth-order valence-electron chi connectivity index (χ4n) is 3.56. The van der Waals surface area contributed by atoms with E-state index >= 15 is 0 Å². The number of halogens is 1. The molecule has 2 aliphatic heterocycles. The summed E-state index contributed by atoms with van der Waals surface area (Å²) in [5, 5.41) is 0.801. The average molecular weight is 331 g/mol. The monoisotopic (exact) mass is 331 g/mol. The molecular weight excluding hydrogens is 313 g/mol. The first-order chi connectivity index (χ1) is 11.2. The van der Waals surface area contributed by atoms with Gasteiger partial charge in [-0.1, -0.05) is 11.8 Å². The molecule has 2 bridgehead atoms. The lowest BCUT2D eigenvalue weighted by atomic mass is 10.2. The van der Waals surface area contributed by atoms with Crippen molar-refractivity contribution in [3.63, 3.8) is 0 Å². The number of aryl methyl sites for hydroxylation is 1. The summed E-state index contributed by atoms with van der Waals surface area (Å²) in [6, 6.07) is 5.78. The molecule has 120 valence electrons. The molecule has 4 heterocycles. The Morgan fingerprint density at radius 1 is 1.22 bits per heavy atom. The fraction of sp³-hybridized carbons (Fsp3) is 0.438. The first kappa shape index (κ1) is 14.7. The fourth-order valence-corrected chi connectivity index (χ4v) is 3.98. The van der Waals surface area contributed by atoms with Crippen molar-refractivity contribution in [2.24, 2.45) is 0 Å². The van der Waals surface area contributed by atoms with Crippen molar-refractivity contribution in [2.75, 3.05) is 29.1 Å². The molecule has 0 aliphatic carbocycles. The zero-order valence-corrected chi connectivity index (χ0v) is 13.9. The Kier molecular flexibility index (Phi) is 3.60. The highest BCUT2D eigenvalue weighted by atomic mass is 32.2. The SMILES string of the molecule is CSc1nc(C)cc(N2CC3CC2CN3c2ncccc2F)n1. The van der Waals surface area contributed by atoms with Gasteiger partial charge in [0, 0.05) is 31.0 Å². The van der Waals surface area contributed by atoms with E-state index in [0.29, 0.717) is 11.9 Å². The number of hydrogen-bond donors (Lipinski definition) is 0. The van der Waals surface area contributed by atoms with Gasteiger partial charge in [-0.2, -0.15) is 0 Å². The van der Waals surface area contributed by atoms with E-state index in [0.717, 1.165) is 36.2 Å². The van der Waals surface area contributed by atoms with Crippen LogP contribution < -0.4 is 9.80 Å². The van der Waals surface area contributed by atoms with Crippen LogP contribution in [0.15, 0.2) is 29.6 Å². The third-order valence-corrected chi connectivity index (χ3v) is 5.10. The maximum absolute atomic E-state index is 14.0. The van der Waals surface area contributed by atoms with Crippen LogP contribution in [0.2, 0.25) is 0 Å². The van der Waals surface area contributed by atoms with Crippen LogP contribution in [0.3, 0.4) is 0 Å². The predicted octanol–water partition coefficient (Wildman–Crippen LogP) is 2.51. The zero-order valence-electron chi connectivity index (χ0n) is 13.1. The molecule has 2 unspecified atom stereocenters. The van der Waals surface area contributed by atoms with E-state index < -0.39 is 0 Å². The van der Waals surface area contributed by atoms with Gasteiger partial charge < -0.3 is 9.80 Å². The van der Waals surface area contributed by atoms with E-state index in [1.165, 1.54) is 6.07 Å². The third-order valence-electron chi connectivity index (χ3n) is 4.55. The minimum absolute atomic E-state index is 0.242. The summed E-state index contributed by atoms with van der Waals surface area (Å²) in [5.41, 5.74) is 0.981. The number of nitrogens with zero attached hydrogens (tertiary/aromatic N) is 5. The van der Waals surface area contributed by atoms with Crippen molar-refractivity contribution >= 4 is 23.4 Å². The van der Waals surface area contributed by atoms with Crippen molar-refractivity contribution < 1.29 is 4.39 Å². The molecule has 23 heavy (non-hydrogen) atoms. The van der Waals surface area contributed by atoms with Crippen molar-refractivity contribution in [2.45, 2.75) is 30.6 Å². The van der Waals surface area contributed by atoms with Crippen LogP contribution >= 0.6 is 11.8 Å². The van der Waals surface area contributed by atoms with Gasteiger partial charge in [-0.15, -0.1) is 0 Å². The lowest BCUT2D eigenvalue weighted by molar-refractivity contribution is 0.582. The number of fused-ring (bicyclic) bond motifs is 2. The number of piperazine rings is 1. The Balaban J connectivity index is 1.58. The molecule has 0 radical (unpaired) electrons. The third kappa shape index (κ3) is 2.52. The Labute approximate surface area is 138 Å². The van der Waals surface area contributed by atoms with Gasteiger partial charge in [0.05, 0.1) is 12.1 Å². The molecule has 0 saturated carbocycles. The first-order valence-corrected chi connectivity index (χ1v) is 8.91. The van der Waals surface area contributed by atoms with Crippen molar-refractivity contribution in [3.8, 4) is 0 Å². The quantitative estimate of drug-likeness (QED) is 0.636. The normalized spacial score (nSPS) is 22.9. The molecule has 2 saturated heterocycles. The highest BCUT2D eigenvalue weighted by Gasteiger charge is 2.45. The molecule has 2 fully saturated rings. The Morgan fingerprint density at radius 2 is 2.00 bits per heavy atom. The van der Waals surface area contributed by atoms with E-state index in [-0.39, 0.29) is 11.9 Å². The molecule has 0 N–H and O–H groups in total. The van der Waals surface area contributed by atoms with Crippen molar-refractivity contribution in [3.05, 3.63) is 35.9 Å². The number of aromatic nitrogens is 3. The highest BCUT2D eigenvalue weighted by Crippen LogP contribution is 2.37. The molecule has 2 aromatic rings. The van der Waals surface area contributed by atoms with Crippen molar-refractivity contribution in [1.82, 2.24) is 15.0 Å². The number of hydrogen-bond acceptors (Lipinski definition) is 6. The van der Waals surface area contributed by atoms with Crippen LogP contribution in [0.5, 0.6) is 0 Å². The van der Waals surface area contributed by atoms with Crippen LogP contribution in [0.4, 0.5) is 16.0 Å². The molecule has 0 aromatic carbocycles. The van der Waals surface area contributed by atoms with Crippen LogP contribution in [0.25, 0.3) is 0 Å². The van der Waals surface area contributed by atoms with E-state index in [1.54, 1.807) is 24.0 Å². The van der Waals surface area contributed by atoms with Gasteiger partial charge in [0.1, 0.15) is 5.82 Å². The molecule has 2 aliphatic rings. The van der Waals surface area contributed by atoms with Gasteiger partial charge >= 0.3 is 0 Å². The topological polar surface area (TPSA) is 45.2 Å². The van der Waals surface area contributed by atoms with Crippen LogP contribution in [0.1, 0.15) is 12.1 Å². The minimum atomic E-state index is -0.242. The van der Waals surface area contributed by atoms with E-state index in [9.17, 15) is 4.39 Å². The van der Waals surface area contributed by atoms with Crippen LogP contribution in [-0.2, 0) is 0 Å². The summed E-state index contributed by atoms with van der Waals surface area (Å²) < 4.78 is 14.0. The summed E-state index contributed by atoms with van der Waals surface area (Å²) in [6.45, 7) is 3.63. The molecule has 5 nitrogen and oxygen atoms in total. The maximum atomic E-state index is 14.0. The largest absolute Gasteiger partial charge is 0.350 e. The van der Waals surface area contributed by atoms with Crippen LogP contribution in [-0.4, -0.2) is 46.4 Å². The van der Waals surface area contributed by atoms with Crippen LogP contribution in [0, 0.1) is 12.7 Å². The van der Waals surface area contributed by atoms with Gasteiger partial charge in [0.2, 0.25) is 0 Å². The molecule has 2 atom stereocenters. The summed E-state index contributed by atoms with van der Waals surface area (Å²) >= 11 is 1.56. The Hall–Kier alpha value is -1.89. The lowest BCUT2D eigenvalue weighted by Crippen LogP contribution is -2.47. The van der Waals surface area contributed by atoms with E-state index in [4.69, 9.17) is 0 Å². The first-order valence-electron chi connectivity index (χ1n) is 7.69. The van der Waals surface area contributed by atoms with Crippen molar-refractivity contribution in [1.29, 1.82) is 0 Å². The molecule has 2 aromatic heterocycles. The van der Waals surface area contributed by atoms with E-state index in [2.05, 4.69) is 24.8 Å². The molecular formula is C16H18FN5S. The number of anilines is 2. The standard InChI is InChI=1S/C16H18FN5S/c1-10-6-14(20-16(19-10)23-2)21-8-12-7-11(21)9-22(12)15-13(17)4-3-5-18-15/h3-6,11-12H,7-9H2,1-2H3. The summed E-state index contributed by atoms with van der Waals surface area (Å²) in [6.07, 6.45) is 4.66. The van der Waals surface area contributed by atoms with Gasteiger partial charge in [0.15, 0.2) is 16.8 Å². The average Bonchev–Trinajstić information content (AvgIpc) is 3.15. The number of rotatable bonds is 3. The highest BCUT2D eigenvalue weighted by molar-refractivity contribution is 7.98. The number of pyridine rings is 1. The van der Waals surface area contributed by atoms with Gasteiger partial charge in [-0.3, -0.25) is 0 Å². The molecule has 7 heteroatoms. The lowest BCUT2D eigenvalue weighted by Gasteiger charge is -2.35. The zero-order chi connectivity index (χ0) is 16.0. The smallest absolute Gasteiger partial charge is 0.189 e. The van der Waals surface area contributed by atoms with Gasteiger partial charge in [-0.25, -0.2) is 19.3 Å². The number of thioether (sulfide) groups is 1. The summed E-state index contributed by atoms with van der Waals surface area (Å²) in [7, 11) is 0. The summed E-state index contributed by atoms with van der Waals surface area (Å²) in [4.78, 5) is 17.7. The summed E-state index contributed by atoms with van der Waals surface area (Å²) in [5.74, 6) is 1.22. The molecule has 0 spiro atoms. The second-order valence-corrected chi connectivity index (χ2v) is 6.78. The van der Waals surface area contributed by atoms with Gasteiger partial charge in [-0.05, 0) is 31.7 Å². The Bertz CT molecular complexity index is 740. The minimum Gasteiger partial charge on any atom is -0.350 e.